The van der Waals surface area contributed by atoms with Gasteiger partial charge in [-0.25, -0.2) is 12.8 Å². The number of aryl methyl sites for hydroxylation is 3. The summed E-state index contributed by atoms with van der Waals surface area (Å²) < 4.78 is 43.3. The molecule has 3 aromatic carbocycles. The minimum atomic E-state index is -3.87. The molecule has 9 heteroatoms. The SMILES string of the molecule is Cc1cc(C)c2c(c1)sc(=NC(=O)c1ccc(NS(=O)(=O)c3ccc(F)cc3)cc1)n2C. The van der Waals surface area contributed by atoms with E-state index in [9.17, 15) is 17.6 Å². The fourth-order valence-electron chi connectivity index (χ4n) is 3.45. The van der Waals surface area contributed by atoms with Crippen molar-refractivity contribution >= 4 is 43.2 Å². The fourth-order valence-corrected chi connectivity index (χ4v) is 5.70. The van der Waals surface area contributed by atoms with Crippen LogP contribution in [0.3, 0.4) is 0 Å². The van der Waals surface area contributed by atoms with Crippen LogP contribution < -0.4 is 9.52 Å². The average Bonchev–Trinajstić information content (AvgIpc) is 3.03. The van der Waals surface area contributed by atoms with Crippen LogP contribution in [-0.2, 0) is 17.1 Å². The number of sulfonamides is 1. The lowest BCUT2D eigenvalue weighted by Gasteiger charge is -2.08. The number of hydrogen-bond acceptors (Lipinski definition) is 4. The van der Waals surface area contributed by atoms with Gasteiger partial charge in [0.1, 0.15) is 5.82 Å². The van der Waals surface area contributed by atoms with Crippen LogP contribution in [0.1, 0.15) is 21.5 Å². The molecule has 0 spiro atoms. The Balaban J connectivity index is 1.59. The van der Waals surface area contributed by atoms with Gasteiger partial charge in [0.25, 0.3) is 15.9 Å². The lowest BCUT2D eigenvalue weighted by molar-refractivity contribution is 0.0998. The number of aromatic nitrogens is 1. The molecule has 0 bridgehead atoms. The van der Waals surface area contributed by atoms with Crippen LogP contribution in [0.4, 0.5) is 10.1 Å². The molecule has 6 nitrogen and oxygen atoms in total. The quantitative estimate of drug-likeness (QED) is 0.477. The minimum Gasteiger partial charge on any atom is -0.319 e. The number of nitrogens with one attached hydrogen (secondary N) is 1. The van der Waals surface area contributed by atoms with Crippen LogP contribution in [0.25, 0.3) is 10.2 Å². The molecule has 0 unspecified atom stereocenters. The van der Waals surface area contributed by atoms with Gasteiger partial charge in [0.05, 0.1) is 15.1 Å². The van der Waals surface area contributed by atoms with Crippen LogP contribution in [0.5, 0.6) is 0 Å². The number of carbonyl (C=O) groups excluding carboxylic acids is 1. The molecule has 0 atom stereocenters. The van der Waals surface area contributed by atoms with Crippen molar-refractivity contribution in [2.24, 2.45) is 12.0 Å². The Labute approximate surface area is 188 Å². The Hall–Kier alpha value is -3.30. The van der Waals surface area contributed by atoms with Crippen LogP contribution in [0.2, 0.25) is 0 Å². The minimum absolute atomic E-state index is 0.0585. The molecule has 0 radical (unpaired) electrons. The Bertz CT molecular complexity index is 1500. The third-order valence-electron chi connectivity index (χ3n) is 4.94. The second-order valence-electron chi connectivity index (χ2n) is 7.43. The van der Waals surface area contributed by atoms with E-state index >= 15 is 0 Å². The predicted octanol–water partition coefficient (Wildman–Crippen LogP) is 4.54. The molecular formula is C23H20FN3O3S2. The molecule has 4 aromatic rings. The first-order chi connectivity index (χ1) is 15.1. The Kier molecular flexibility index (Phi) is 5.70. The van der Waals surface area contributed by atoms with Crippen molar-refractivity contribution in [1.82, 2.24) is 4.57 Å². The molecule has 0 aliphatic heterocycles. The smallest absolute Gasteiger partial charge is 0.279 e. The van der Waals surface area contributed by atoms with Gasteiger partial charge in [-0.05, 0) is 79.6 Å². The first-order valence-electron chi connectivity index (χ1n) is 9.68. The van der Waals surface area contributed by atoms with E-state index in [1.54, 1.807) is 0 Å². The maximum Gasteiger partial charge on any atom is 0.279 e. The van der Waals surface area contributed by atoms with Crippen molar-refractivity contribution in [3.8, 4) is 0 Å². The van der Waals surface area contributed by atoms with E-state index in [-0.39, 0.29) is 10.6 Å². The van der Waals surface area contributed by atoms with Gasteiger partial charge >= 0.3 is 0 Å². The number of carbonyl (C=O) groups is 1. The standard InChI is InChI=1S/C23H20FN3O3S2/c1-14-12-15(2)21-20(13-14)31-23(27(21)3)25-22(28)16-4-8-18(9-5-16)26-32(29,30)19-10-6-17(24)7-11-19/h4-13,26H,1-3H3. The highest BCUT2D eigenvalue weighted by molar-refractivity contribution is 7.92. The molecule has 1 heterocycles. The molecule has 1 amide bonds. The van der Waals surface area contributed by atoms with E-state index in [0.717, 1.165) is 33.5 Å². The van der Waals surface area contributed by atoms with E-state index in [1.165, 1.54) is 47.7 Å². The van der Waals surface area contributed by atoms with Gasteiger partial charge in [-0.15, -0.1) is 0 Å². The molecular weight excluding hydrogens is 449 g/mol. The number of halogens is 1. The Morgan fingerprint density at radius 2 is 1.69 bits per heavy atom. The number of anilines is 1. The summed E-state index contributed by atoms with van der Waals surface area (Å²) in [7, 11) is -1.99. The molecule has 0 fully saturated rings. The van der Waals surface area contributed by atoms with Crippen molar-refractivity contribution in [1.29, 1.82) is 0 Å². The van der Waals surface area contributed by atoms with Gasteiger partial charge in [0.2, 0.25) is 0 Å². The van der Waals surface area contributed by atoms with Crippen LogP contribution >= 0.6 is 11.3 Å². The van der Waals surface area contributed by atoms with E-state index in [1.807, 2.05) is 25.5 Å². The van der Waals surface area contributed by atoms with Crippen molar-refractivity contribution in [2.75, 3.05) is 4.72 Å². The molecule has 0 saturated heterocycles. The van der Waals surface area contributed by atoms with Crippen molar-refractivity contribution in [3.05, 3.63) is 88.0 Å². The van der Waals surface area contributed by atoms with Gasteiger partial charge < -0.3 is 4.57 Å². The van der Waals surface area contributed by atoms with Crippen LogP contribution in [0, 0.1) is 19.7 Å². The summed E-state index contributed by atoms with van der Waals surface area (Å²) in [5, 5.41) is 0. The molecule has 0 saturated carbocycles. The third kappa shape index (κ3) is 4.35. The summed E-state index contributed by atoms with van der Waals surface area (Å²) in [5.74, 6) is -0.942. The molecule has 1 aromatic heterocycles. The zero-order valence-electron chi connectivity index (χ0n) is 17.6. The molecule has 0 aliphatic rings. The molecule has 1 N–H and O–H groups in total. The van der Waals surface area contributed by atoms with Gasteiger partial charge in [0.15, 0.2) is 4.80 Å². The number of hydrogen-bond donors (Lipinski definition) is 1. The molecule has 4 rings (SSSR count). The molecule has 164 valence electrons. The highest BCUT2D eigenvalue weighted by atomic mass is 32.2. The second kappa shape index (κ2) is 8.33. The van der Waals surface area contributed by atoms with Gasteiger partial charge in [-0.1, -0.05) is 17.4 Å². The van der Waals surface area contributed by atoms with Crippen molar-refractivity contribution in [3.63, 3.8) is 0 Å². The van der Waals surface area contributed by atoms with Gasteiger partial charge in [-0.3, -0.25) is 9.52 Å². The lowest BCUT2D eigenvalue weighted by atomic mass is 10.1. The number of benzene rings is 3. The highest BCUT2D eigenvalue weighted by Gasteiger charge is 2.15. The average molecular weight is 470 g/mol. The largest absolute Gasteiger partial charge is 0.319 e. The van der Waals surface area contributed by atoms with E-state index < -0.39 is 21.7 Å². The topological polar surface area (TPSA) is 80.5 Å². The summed E-state index contributed by atoms with van der Waals surface area (Å²) in [6.07, 6.45) is 0. The zero-order valence-corrected chi connectivity index (χ0v) is 19.2. The van der Waals surface area contributed by atoms with Gasteiger partial charge in [0, 0.05) is 18.3 Å². The maximum atomic E-state index is 13.0. The summed E-state index contributed by atoms with van der Waals surface area (Å²) in [4.78, 5) is 17.5. The van der Waals surface area contributed by atoms with Crippen molar-refractivity contribution < 1.29 is 17.6 Å². The van der Waals surface area contributed by atoms with Crippen LogP contribution in [0.15, 0.2) is 70.6 Å². The van der Waals surface area contributed by atoms with E-state index in [0.29, 0.717) is 10.4 Å². The number of fused-ring (bicyclic) bond motifs is 1. The summed E-state index contributed by atoms with van der Waals surface area (Å²) in [6.45, 7) is 4.05. The van der Waals surface area contributed by atoms with E-state index in [2.05, 4.69) is 21.8 Å². The molecule has 32 heavy (non-hydrogen) atoms. The first kappa shape index (κ1) is 21.9. The Morgan fingerprint density at radius 3 is 2.34 bits per heavy atom. The first-order valence-corrected chi connectivity index (χ1v) is 12.0. The van der Waals surface area contributed by atoms with Gasteiger partial charge in [-0.2, -0.15) is 4.99 Å². The summed E-state index contributed by atoms with van der Waals surface area (Å²) in [5.41, 5.74) is 3.92. The third-order valence-corrected chi connectivity index (χ3v) is 7.41. The highest BCUT2D eigenvalue weighted by Crippen LogP contribution is 2.22. The monoisotopic (exact) mass is 469 g/mol. The molecule has 0 aliphatic carbocycles. The number of rotatable bonds is 4. The van der Waals surface area contributed by atoms with E-state index in [4.69, 9.17) is 0 Å². The maximum absolute atomic E-state index is 13.0. The number of amides is 1. The Morgan fingerprint density at radius 1 is 1.03 bits per heavy atom. The fraction of sp³-hybridized carbons (Fsp3) is 0.130. The predicted molar refractivity (Wildman–Crippen MR) is 124 cm³/mol. The number of nitrogens with zero attached hydrogens (tertiary/aromatic N) is 2. The summed E-state index contributed by atoms with van der Waals surface area (Å²) in [6, 6.07) is 14.7. The lowest BCUT2D eigenvalue weighted by Crippen LogP contribution is -2.14. The second-order valence-corrected chi connectivity index (χ2v) is 10.1. The normalized spacial score (nSPS) is 12.3. The zero-order chi connectivity index (χ0) is 23.0. The van der Waals surface area contributed by atoms with Crippen LogP contribution in [-0.4, -0.2) is 18.9 Å². The number of thiazole rings is 1. The summed E-state index contributed by atoms with van der Waals surface area (Å²) >= 11 is 1.44. The van der Waals surface area contributed by atoms with Crippen molar-refractivity contribution in [2.45, 2.75) is 18.7 Å².